The van der Waals surface area contributed by atoms with E-state index in [1.165, 1.54) is 25.3 Å². The lowest BCUT2D eigenvalue weighted by Gasteiger charge is -2.22. The third-order valence-electron chi connectivity index (χ3n) is 4.63. The lowest BCUT2D eigenvalue weighted by Crippen LogP contribution is -2.28. The number of ether oxygens (including phenoxy) is 3. The van der Waals surface area contributed by atoms with Gasteiger partial charge in [0.05, 0.1) is 20.8 Å². The summed E-state index contributed by atoms with van der Waals surface area (Å²) in [5.74, 6) is 0.434. The normalized spacial score (nSPS) is 11.0. The van der Waals surface area contributed by atoms with Crippen LogP contribution in [0.2, 0.25) is 0 Å². The van der Waals surface area contributed by atoms with Crippen molar-refractivity contribution >= 4 is 23.3 Å². The molecule has 0 aliphatic carbocycles. The molecule has 2 aromatic carbocycles. The molecule has 3 aromatic rings. The quantitative estimate of drug-likeness (QED) is 0.370. The summed E-state index contributed by atoms with van der Waals surface area (Å²) in [4.78, 5) is 15.8. The van der Waals surface area contributed by atoms with Gasteiger partial charge in [0, 0.05) is 28.6 Å². The van der Waals surface area contributed by atoms with E-state index < -0.39 is 6.61 Å². The Morgan fingerprint density at radius 3 is 2.44 bits per heavy atom. The van der Waals surface area contributed by atoms with Crippen molar-refractivity contribution in [2.45, 2.75) is 19.7 Å². The number of thiophene rings is 1. The number of para-hydroxylation sites is 2. The van der Waals surface area contributed by atoms with Crippen molar-refractivity contribution in [1.82, 2.24) is 4.90 Å². The summed E-state index contributed by atoms with van der Waals surface area (Å²) in [5.41, 5.74) is 1.17. The Labute approximate surface area is 189 Å². The molecule has 168 valence electrons. The molecule has 5 nitrogen and oxygen atoms in total. The van der Waals surface area contributed by atoms with Gasteiger partial charge in [0.2, 0.25) is 5.91 Å². The Balaban J connectivity index is 1.87. The van der Waals surface area contributed by atoms with E-state index in [2.05, 4.69) is 4.74 Å². The van der Waals surface area contributed by atoms with Crippen molar-refractivity contribution in [1.29, 1.82) is 0 Å². The highest BCUT2D eigenvalue weighted by Gasteiger charge is 2.17. The Morgan fingerprint density at radius 1 is 1.00 bits per heavy atom. The van der Waals surface area contributed by atoms with Crippen molar-refractivity contribution in [3.8, 4) is 17.2 Å². The zero-order valence-electron chi connectivity index (χ0n) is 17.7. The van der Waals surface area contributed by atoms with Crippen molar-refractivity contribution in [3.05, 3.63) is 82.1 Å². The fourth-order valence-electron chi connectivity index (χ4n) is 3.15. The molecule has 0 bridgehead atoms. The Hall–Kier alpha value is -3.39. The molecule has 0 fully saturated rings. The summed E-state index contributed by atoms with van der Waals surface area (Å²) in [7, 11) is 2.94. The van der Waals surface area contributed by atoms with Crippen LogP contribution in [-0.2, 0) is 17.9 Å². The standard InChI is InChI=1S/C24H23F2NO4S/c1-29-20-10-4-3-7-18(20)15-27(16-19-9-6-14-32-19)22(28)13-12-17-8-5-11-21(30-2)23(17)31-24(25)26/h3-14,24H,15-16H2,1-2H3/b13-12+. The second-order valence-electron chi connectivity index (χ2n) is 6.68. The number of halogens is 2. The maximum absolute atomic E-state index is 13.1. The number of hydrogen-bond acceptors (Lipinski definition) is 5. The number of carbonyl (C=O) groups is 1. The maximum Gasteiger partial charge on any atom is 0.387 e. The second kappa shape index (κ2) is 11.3. The first-order valence-electron chi connectivity index (χ1n) is 9.75. The molecule has 1 heterocycles. The summed E-state index contributed by atoms with van der Waals surface area (Å²) in [5, 5.41) is 1.95. The molecule has 0 saturated carbocycles. The van der Waals surface area contributed by atoms with Crippen molar-refractivity contribution in [2.24, 2.45) is 0 Å². The molecule has 0 spiro atoms. The van der Waals surface area contributed by atoms with Gasteiger partial charge >= 0.3 is 6.61 Å². The second-order valence-corrected chi connectivity index (χ2v) is 7.71. The predicted molar refractivity (Wildman–Crippen MR) is 120 cm³/mol. The zero-order valence-corrected chi connectivity index (χ0v) is 18.5. The van der Waals surface area contributed by atoms with Gasteiger partial charge in [0.15, 0.2) is 11.5 Å². The van der Waals surface area contributed by atoms with Gasteiger partial charge in [-0.1, -0.05) is 36.4 Å². The van der Waals surface area contributed by atoms with Gasteiger partial charge in [-0.25, -0.2) is 0 Å². The van der Waals surface area contributed by atoms with E-state index >= 15 is 0 Å². The summed E-state index contributed by atoms with van der Waals surface area (Å²) in [6, 6.07) is 16.1. The molecule has 0 N–H and O–H groups in total. The minimum Gasteiger partial charge on any atom is -0.496 e. The smallest absolute Gasteiger partial charge is 0.387 e. The van der Waals surface area contributed by atoms with Crippen molar-refractivity contribution in [2.75, 3.05) is 14.2 Å². The number of rotatable bonds is 10. The van der Waals surface area contributed by atoms with Gasteiger partial charge in [-0.15, -0.1) is 11.3 Å². The molecule has 0 saturated heterocycles. The first kappa shape index (κ1) is 23.3. The SMILES string of the molecule is COc1ccccc1CN(Cc1cccs1)C(=O)/C=C/c1cccc(OC)c1OC(F)F. The Kier molecular flexibility index (Phi) is 8.21. The number of nitrogens with zero attached hydrogens (tertiary/aromatic N) is 1. The largest absolute Gasteiger partial charge is 0.496 e. The number of alkyl halides is 2. The van der Waals surface area contributed by atoms with Crippen LogP contribution in [0, 0.1) is 0 Å². The van der Waals surface area contributed by atoms with Crippen LogP contribution in [0.5, 0.6) is 17.2 Å². The molecule has 0 aliphatic heterocycles. The monoisotopic (exact) mass is 459 g/mol. The zero-order chi connectivity index (χ0) is 22.9. The number of carbonyl (C=O) groups excluding carboxylic acids is 1. The first-order valence-corrected chi connectivity index (χ1v) is 10.6. The van der Waals surface area contributed by atoms with Gasteiger partial charge in [-0.2, -0.15) is 8.78 Å². The number of hydrogen-bond donors (Lipinski definition) is 0. The maximum atomic E-state index is 13.1. The number of benzene rings is 2. The highest BCUT2D eigenvalue weighted by Crippen LogP contribution is 2.33. The van der Waals surface area contributed by atoms with Crippen LogP contribution in [0.25, 0.3) is 6.08 Å². The summed E-state index contributed by atoms with van der Waals surface area (Å²) >= 11 is 1.55. The minimum absolute atomic E-state index is 0.122. The van der Waals surface area contributed by atoms with Crippen LogP contribution >= 0.6 is 11.3 Å². The van der Waals surface area contributed by atoms with Crippen LogP contribution in [0.4, 0.5) is 8.78 Å². The number of amides is 1. The fourth-order valence-corrected chi connectivity index (χ4v) is 3.87. The van der Waals surface area contributed by atoms with E-state index in [1.807, 2.05) is 41.8 Å². The third-order valence-corrected chi connectivity index (χ3v) is 5.50. The minimum atomic E-state index is -3.02. The molecule has 1 amide bonds. The van der Waals surface area contributed by atoms with Crippen LogP contribution in [0.15, 0.2) is 66.1 Å². The average Bonchev–Trinajstić information content (AvgIpc) is 3.31. The highest BCUT2D eigenvalue weighted by molar-refractivity contribution is 7.09. The van der Waals surface area contributed by atoms with Gasteiger partial charge in [-0.3, -0.25) is 4.79 Å². The first-order chi connectivity index (χ1) is 15.5. The molecule has 32 heavy (non-hydrogen) atoms. The van der Waals surface area contributed by atoms with Crippen LogP contribution in [0.1, 0.15) is 16.0 Å². The molecule has 0 aliphatic rings. The predicted octanol–water partition coefficient (Wildman–Crippen LogP) is 5.61. The lowest BCUT2D eigenvalue weighted by atomic mass is 10.1. The van der Waals surface area contributed by atoms with Crippen molar-refractivity contribution in [3.63, 3.8) is 0 Å². The van der Waals surface area contributed by atoms with E-state index in [0.29, 0.717) is 24.4 Å². The third kappa shape index (κ3) is 6.07. The Morgan fingerprint density at radius 2 is 1.75 bits per heavy atom. The molecule has 1 aromatic heterocycles. The van der Waals surface area contributed by atoms with E-state index in [-0.39, 0.29) is 17.4 Å². The van der Waals surface area contributed by atoms with E-state index in [0.717, 1.165) is 10.4 Å². The van der Waals surface area contributed by atoms with Gasteiger partial charge < -0.3 is 19.1 Å². The van der Waals surface area contributed by atoms with E-state index in [9.17, 15) is 13.6 Å². The molecular formula is C24H23F2NO4S. The van der Waals surface area contributed by atoms with Gasteiger partial charge in [0.1, 0.15) is 5.75 Å². The highest BCUT2D eigenvalue weighted by atomic mass is 32.1. The molecular weight excluding hydrogens is 436 g/mol. The molecule has 3 rings (SSSR count). The summed E-state index contributed by atoms with van der Waals surface area (Å²) in [6.45, 7) is -2.30. The topological polar surface area (TPSA) is 48.0 Å². The molecule has 0 radical (unpaired) electrons. The van der Waals surface area contributed by atoms with Crippen LogP contribution in [0.3, 0.4) is 0 Å². The fraction of sp³-hybridized carbons (Fsp3) is 0.208. The van der Waals surface area contributed by atoms with Crippen LogP contribution < -0.4 is 14.2 Å². The van der Waals surface area contributed by atoms with E-state index in [1.54, 1.807) is 35.5 Å². The van der Waals surface area contributed by atoms with Crippen LogP contribution in [-0.4, -0.2) is 31.6 Å². The Bertz CT molecular complexity index is 1050. The molecule has 0 atom stereocenters. The average molecular weight is 460 g/mol. The summed E-state index contributed by atoms with van der Waals surface area (Å²) in [6.07, 6.45) is 2.79. The van der Waals surface area contributed by atoms with Crippen molar-refractivity contribution < 1.29 is 27.8 Å². The van der Waals surface area contributed by atoms with Gasteiger partial charge in [-0.05, 0) is 29.7 Å². The molecule has 0 unspecified atom stereocenters. The van der Waals surface area contributed by atoms with E-state index in [4.69, 9.17) is 9.47 Å². The number of methoxy groups -OCH3 is 2. The van der Waals surface area contributed by atoms with Gasteiger partial charge in [0.25, 0.3) is 0 Å². The summed E-state index contributed by atoms with van der Waals surface area (Å²) < 4.78 is 40.9. The lowest BCUT2D eigenvalue weighted by molar-refractivity contribution is -0.127. The molecule has 8 heteroatoms.